The fraction of sp³-hybridized carbons (Fsp3) is 0.500. The summed E-state index contributed by atoms with van der Waals surface area (Å²) in [6, 6.07) is 1.98. The fourth-order valence-electron chi connectivity index (χ4n) is 1.79. The lowest BCUT2D eigenvalue weighted by atomic mass is 10.2. The van der Waals surface area contributed by atoms with Gasteiger partial charge in [-0.25, -0.2) is 0 Å². The number of aromatic nitrogens is 2. The van der Waals surface area contributed by atoms with E-state index in [1.807, 2.05) is 23.9 Å². The number of nitrogens with zero attached hydrogens (tertiary/aromatic N) is 2. The number of furan rings is 1. The Morgan fingerprint density at radius 3 is 3.05 bits per heavy atom. The van der Waals surface area contributed by atoms with Gasteiger partial charge in [-0.1, -0.05) is 6.92 Å². The Labute approximate surface area is 113 Å². The molecule has 104 valence electrons. The maximum atomic E-state index is 5.67. The van der Waals surface area contributed by atoms with E-state index in [2.05, 4.69) is 17.3 Å². The number of hydrogen-bond donors (Lipinski definition) is 1. The van der Waals surface area contributed by atoms with E-state index in [0.717, 1.165) is 43.1 Å². The van der Waals surface area contributed by atoms with Crippen LogP contribution in [-0.4, -0.2) is 16.3 Å². The average molecular weight is 263 g/mol. The van der Waals surface area contributed by atoms with Crippen LogP contribution in [0, 0.1) is 0 Å². The topological polar surface area (TPSA) is 52.2 Å². The first-order chi connectivity index (χ1) is 9.33. The number of ether oxygens (including phenoxy) is 1. The molecule has 0 unspecified atom stereocenters. The Kier molecular flexibility index (Phi) is 5.03. The SMILES string of the molecule is CCCNCc1ccoc1COc1cnn(CC)c1. The Morgan fingerprint density at radius 1 is 1.42 bits per heavy atom. The van der Waals surface area contributed by atoms with Crippen LogP contribution < -0.4 is 10.1 Å². The van der Waals surface area contributed by atoms with E-state index in [0.29, 0.717) is 6.61 Å². The van der Waals surface area contributed by atoms with Crippen LogP contribution in [0.1, 0.15) is 31.6 Å². The minimum absolute atomic E-state index is 0.436. The summed E-state index contributed by atoms with van der Waals surface area (Å²) in [5.41, 5.74) is 1.15. The summed E-state index contributed by atoms with van der Waals surface area (Å²) in [6.45, 7) is 7.30. The van der Waals surface area contributed by atoms with Crippen molar-refractivity contribution in [3.63, 3.8) is 0 Å². The Balaban J connectivity index is 1.86. The molecule has 5 heteroatoms. The van der Waals surface area contributed by atoms with Gasteiger partial charge in [-0.05, 0) is 26.0 Å². The third-order valence-electron chi connectivity index (χ3n) is 2.88. The van der Waals surface area contributed by atoms with Gasteiger partial charge in [0.1, 0.15) is 12.4 Å². The molecule has 0 aliphatic rings. The van der Waals surface area contributed by atoms with Gasteiger partial charge in [0.05, 0.1) is 18.7 Å². The highest BCUT2D eigenvalue weighted by atomic mass is 16.5. The predicted molar refractivity (Wildman–Crippen MR) is 72.9 cm³/mol. The van der Waals surface area contributed by atoms with Crippen LogP contribution in [0.15, 0.2) is 29.1 Å². The van der Waals surface area contributed by atoms with E-state index >= 15 is 0 Å². The van der Waals surface area contributed by atoms with Gasteiger partial charge in [-0.3, -0.25) is 4.68 Å². The van der Waals surface area contributed by atoms with E-state index in [4.69, 9.17) is 9.15 Å². The number of rotatable bonds is 8. The van der Waals surface area contributed by atoms with Gasteiger partial charge >= 0.3 is 0 Å². The lowest BCUT2D eigenvalue weighted by Gasteiger charge is -2.05. The summed E-state index contributed by atoms with van der Waals surface area (Å²) >= 11 is 0. The monoisotopic (exact) mass is 263 g/mol. The molecule has 0 aromatic carbocycles. The molecule has 0 amide bonds. The molecular weight excluding hydrogens is 242 g/mol. The highest BCUT2D eigenvalue weighted by Gasteiger charge is 2.07. The van der Waals surface area contributed by atoms with Crippen LogP contribution in [0.5, 0.6) is 5.75 Å². The quantitative estimate of drug-likeness (QED) is 0.744. The molecule has 0 radical (unpaired) electrons. The molecule has 2 heterocycles. The van der Waals surface area contributed by atoms with Crippen molar-refractivity contribution in [2.45, 2.75) is 40.0 Å². The van der Waals surface area contributed by atoms with Gasteiger partial charge in [0, 0.05) is 18.7 Å². The second kappa shape index (κ2) is 6.99. The normalized spacial score (nSPS) is 10.8. The van der Waals surface area contributed by atoms with Crippen LogP contribution in [0.4, 0.5) is 0 Å². The smallest absolute Gasteiger partial charge is 0.157 e. The van der Waals surface area contributed by atoms with Crippen molar-refractivity contribution in [2.75, 3.05) is 6.54 Å². The predicted octanol–water partition coefficient (Wildman–Crippen LogP) is 2.57. The van der Waals surface area contributed by atoms with Crippen molar-refractivity contribution in [2.24, 2.45) is 0 Å². The van der Waals surface area contributed by atoms with Crippen LogP contribution in [0.2, 0.25) is 0 Å². The zero-order chi connectivity index (χ0) is 13.5. The first-order valence-electron chi connectivity index (χ1n) is 6.74. The number of aryl methyl sites for hydroxylation is 1. The van der Waals surface area contributed by atoms with E-state index in [1.54, 1.807) is 12.5 Å². The maximum Gasteiger partial charge on any atom is 0.157 e. The highest BCUT2D eigenvalue weighted by molar-refractivity contribution is 5.18. The van der Waals surface area contributed by atoms with Crippen LogP contribution in [-0.2, 0) is 19.7 Å². The van der Waals surface area contributed by atoms with E-state index in [1.165, 1.54) is 0 Å². The summed E-state index contributed by atoms with van der Waals surface area (Å²) in [4.78, 5) is 0. The van der Waals surface area contributed by atoms with Crippen molar-refractivity contribution in [3.8, 4) is 5.75 Å². The van der Waals surface area contributed by atoms with Crippen molar-refractivity contribution in [3.05, 3.63) is 36.0 Å². The van der Waals surface area contributed by atoms with E-state index in [-0.39, 0.29) is 0 Å². The standard InChI is InChI=1S/C14H21N3O2/c1-3-6-15-8-12-5-7-18-14(12)11-19-13-9-16-17(4-2)10-13/h5,7,9-10,15H,3-4,6,8,11H2,1-2H3. The van der Waals surface area contributed by atoms with Gasteiger partial charge in [0.25, 0.3) is 0 Å². The number of nitrogens with one attached hydrogen (secondary N) is 1. The molecule has 1 N–H and O–H groups in total. The molecule has 5 nitrogen and oxygen atoms in total. The maximum absolute atomic E-state index is 5.67. The minimum atomic E-state index is 0.436. The second-order valence-electron chi connectivity index (χ2n) is 4.37. The summed E-state index contributed by atoms with van der Waals surface area (Å²) < 4.78 is 13.0. The minimum Gasteiger partial charge on any atom is -0.482 e. The summed E-state index contributed by atoms with van der Waals surface area (Å²) in [5, 5.41) is 7.52. The third kappa shape index (κ3) is 3.86. The molecule has 0 saturated heterocycles. The van der Waals surface area contributed by atoms with Gasteiger partial charge in [0.2, 0.25) is 0 Å². The molecule has 0 aliphatic carbocycles. The van der Waals surface area contributed by atoms with Crippen molar-refractivity contribution in [1.29, 1.82) is 0 Å². The third-order valence-corrected chi connectivity index (χ3v) is 2.88. The average Bonchev–Trinajstić information content (AvgIpc) is 3.05. The lowest BCUT2D eigenvalue weighted by molar-refractivity contribution is 0.268. The molecule has 0 spiro atoms. The molecule has 19 heavy (non-hydrogen) atoms. The molecule has 2 rings (SSSR count). The van der Waals surface area contributed by atoms with E-state index in [9.17, 15) is 0 Å². The van der Waals surface area contributed by atoms with Crippen LogP contribution >= 0.6 is 0 Å². The highest BCUT2D eigenvalue weighted by Crippen LogP contribution is 2.15. The molecule has 2 aromatic heterocycles. The van der Waals surface area contributed by atoms with Crippen LogP contribution in [0.25, 0.3) is 0 Å². The molecule has 0 fully saturated rings. The second-order valence-corrected chi connectivity index (χ2v) is 4.37. The van der Waals surface area contributed by atoms with Crippen LogP contribution in [0.3, 0.4) is 0 Å². The first-order valence-corrected chi connectivity index (χ1v) is 6.74. The Hall–Kier alpha value is -1.75. The fourth-order valence-corrected chi connectivity index (χ4v) is 1.79. The Bertz CT molecular complexity index is 490. The molecule has 0 bridgehead atoms. The first kappa shape index (κ1) is 13.7. The van der Waals surface area contributed by atoms with Crippen molar-refractivity contribution >= 4 is 0 Å². The zero-order valence-electron chi connectivity index (χ0n) is 11.6. The zero-order valence-corrected chi connectivity index (χ0v) is 11.6. The number of hydrogen-bond acceptors (Lipinski definition) is 4. The molecule has 0 atom stereocenters. The molecule has 2 aromatic rings. The van der Waals surface area contributed by atoms with Crippen molar-refractivity contribution < 1.29 is 9.15 Å². The molecule has 0 saturated carbocycles. The lowest BCUT2D eigenvalue weighted by Crippen LogP contribution is -2.14. The van der Waals surface area contributed by atoms with Gasteiger partial charge in [-0.15, -0.1) is 0 Å². The Morgan fingerprint density at radius 2 is 2.32 bits per heavy atom. The van der Waals surface area contributed by atoms with Crippen molar-refractivity contribution in [1.82, 2.24) is 15.1 Å². The van der Waals surface area contributed by atoms with Gasteiger partial charge < -0.3 is 14.5 Å². The molecular formula is C14H21N3O2. The summed E-state index contributed by atoms with van der Waals surface area (Å²) in [6.07, 6.45) is 6.44. The molecule has 0 aliphatic heterocycles. The van der Waals surface area contributed by atoms with Gasteiger partial charge in [0.15, 0.2) is 5.75 Å². The summed E-state index contributed by atoms with van der Waals surface area (Å²) in [7, 11) is 0. The largest absolute Gasteiger partial charge is 0.482 e. The van der Waals surface area contributed by atoms with E-state index < -0.39 is 0 Å². The van der Waals surface area contributed by atoms with Gasteiger partial charge in [-0.2, -0.15) is 5.10 Å². The summed E-state index contributed by atoms with van der Waals surface area (Å²) in [5.74, 6) is 1.64.